The number of hydrogen-bond acceptors (Lipinski definition) is 1. The lowest BCUT2D eigenvalue weighted by Crippen LogP contribution is -2.24. The summed E-state index contributed by atoms with van der Waals surface area (Å²) in [5.74, 6) is 0. The molecule has 58 heavy (non-hydrogen) atoms. The van der Waals surface area contributed by atoms with E-state index in [2.05, 4.69) is 209 Å². The highest BCUT2D eigenvalue weighted by molar-refractivity contribution is 5.94. The first-order chi connectivity index (χ1) is 28.3. The number of anilines is 3. The SMILES string of the molecule is CC1(C)c2ccccc2-c2cccc(-c3ccc(N(c4ccc5c(c4)C4(CCc6ccccc64)c4ccccc4-5)c4cccc5c4C(C)(C)c4ccccc4-5)cc3)c21. The van der Waals surface area contributed by atoms with Crippen molar-refractivity contribution in [2.45, 2.75) is 56.8 Å². The van der Waals surface area contributed by atoms with E-state index in [4.69, 9.17) is 0 Å². The zero-order chi connectivity index (χ0) is 39.0. The number of aryl methyl sites for hydroxylation is 1. The van der Waals surface area contributed by atoms with E-state index in [9.17, 15) is 0 Å². The largest absolute Gasteiger partial charge is 0.310 e. The van der Waals surface area contributed by atoms with Crippen LogP contribution in [0.3, 0.4) is 0 Å². The molecule has 0 N–H and O–H groups in total. The fraction of sp³-hybridized carbons (Fsp3) is 0.158. The van der Waals surface area contributed by atoms with Crippen LogP contribution in [-0.2, 0) is 22.7 Å². The Bertz CT molecular complexity index is 3010. The van der Waals surface area contributed by atoms with Gasteiger partial charge in [-0.25, -0.2) is 0 Å². The molecule has 0 heterocycles. The molecular weight excluding hydrogens is 699 g/mol. The number of nitrogens with zero attached hydrogens (tertiary/aromatic N) is 1. The molecule has 0 radical (unpaired) electrons. The zero-order valence-electron chi connectivity index (χ0n) is 33.6. The summed E-state index contributed by atoms with van der Waals surface area (Å²) in [7, 11) is 0. The van der Waals surface area contributed by atoms with Crippen molar-refractivity contribution >= 4 is 17.1 Å². The molecule has 4 aliphatic rings. The molecule has 1 nitrogen and oxygen atoms in total. The topological polar surface area (TPSA) is 3.24 Å². The minimum absolute atomic E-state index is 0.0881. The lowest BCUT2D eigenvalue weighted by Gasteiger charge is -2.34. The van der Waals surface area contributed by atoms with E-state index in [1.807, 2.05) is 0 Å². The predicted molar refractivity (Wildman–Crippen MR) is 242 cm³/mol. The first-order valence-electron chi connectivity index (χ1n) is 21.0. The molecule has 0 fully saturated rings. The van der Waals surface area contributed by atoms with Crippen LogP contribution in [0.15, 0.2) is 176 Å². The quantitative estimate of drug-likeness (QED) is 0.173. The van der Waals surface area contributed by atoms with Crippen LogP contribution in [0, 0.1) is 0 Å². The van der Waals surface area contributed by atoms with Crippen LogP contribution in [0.4, 0.5) is 17.1 Å². The van der Waals surface area contributed by atoms with Gasteiger partial charge in [-0.3, -0.25) is 0 Å². The van der Waals surface area contributed by atoms with Crippen LogP contribution in [0.2, 0.25) is 0 Å². The molecule has 278 valence electrons. The van der Waals surface area contributed by atoms with Gasteiger partial charge in [-0.15, -0.1) is 0 Å². The lowest BCUT2D eigenvalue weighted by molar-refractivity contribution is 0.626. The minimum atomic E-state index is -0.176. The molecule has 1 spiro atoms. The predicted octanol–water partition coefficient (Wildman–Crippen LogP) is 14.7. The molecule has 0 saturated heterocycles. The van der Waals surface area contributed by atoms with Gasteiger partial charge >= 0.3 is 0 Å². The lowest BCUT2D eigenvalue weighted by atomic mass is 9.73. The van der Waals surface area contributed by atoms with Crippen LogP contribution in [0.25, 0.3) is 44.5 Å². The van der Waals surface area contributed by atoms with Crippen molar-refractivity contribution in [2.75, 3.05) is 4.90 Å². The van der Waals surface area contributed by atoms with E-state index in [1.165, 1.54) is 100 Å². The molecule has 8 aromatic carbocycles. The molecule has 8 aromatic rings. The third-order valence-electron chi connectivity index (χ3n) is 14.5. The summed E-state index contributed by atoms with van der Waals surface area (Å²) in [6.07, 6.45) is 2.17. The standard InChI is InChI=1S/C57H45N/c1-55(2)48-23-10-6-17-42(48)45-20-13-19-40(53(45)55)36-27-29-38(30-28-36)58(52-26-14-21-46-43-18-7-11-24-49(43)56(3,4)54(46)52)39-31-32-44-41-16-8-12-25-50(41)57(51(44)35-39)34-33-37-15-5-9-22-47(37)57/h5-32,35H,33-34H2,1-4H3. The van der Waals surface area contributed by atoms with Crippen molar-refractivity contribution in [1.29, 1.82) is 0 Å². The highest BCUT2D eigenvalue weighted by atomic mass is 15.1. The van der Waals surface area contributed by atoms with Crippen LogP contribution >= 0.6 is 0 Å². The molecule has 12 rings (SSSR count). The fourth-order valence-corrected chi connectivity index (χ4v) is 12.0. The van der Waals surface area contributed by atoms with Crippen LogP contribution in [0.5, 0.6) is 0 Å². The van der Waals surface area contributed by atoms with E-state index >= 15 is 0 Å². The van der Waals surface area contributed by atoms with Crippen LogP contribution < -0.4 is 4.90 Å². The zero-order valence-corrected chi connectivity index (χ0v) is 33.6. The van der Waals surface area contributed by atoms with Gasteiger partial charge in [0, 0.05) is 27.6 Å². The Morgan fingerprint density at radius 2 is 0.879 bits per heavy atom. The Labute approximate surface area is 342 Å². The van der Waals surface area contributed by atoms with Crippen molar-refractivity contribution in [3.05, 3.63) is 220 Å². The second-order valence-corrected chi connectivity index (χ2v) is 18.0. The van der Waals surface area contributed by atoms with E-state index in [0.29, 0.717) is 0 Å². The highest BCUT2D eigenvalue weighted by Gasteiger charge is 2.49. The summed E-state index contributed by atoms with van der Waals surface area (Å²) in [4.78, 5) is 2.56. The van der Waals surface area contributed by atoms with Crippen molar-refractivity contribution in [3.63, 3.8) is 0 Å². The van der Waals surface area contributed by atoms with Gasteiger partial charge in [-0.1, -0.05) is 173 Å². The van der Waals surface area contributed by atoms with Crippen LogP contribution in [0.1, 0.15) is 78.6 Å². The minimum Gasteiger partial charge on any atom is -0.310 e. The van der Waals surface area contributed by atoms with Gasteiger partial charge in [-0.2, -0.15) is 0 Å². The number of benzene rings is 8. The van der Waals surface area contributed by atoms with Gasteiger partial charge in [0.25, 0.3) is 0 Å². The molecule has 0 amide bonds. The smallest absolute Gasteiger partial charge is 0.0508 e. The third-order valence-corrected chi connectivity index (χ3v) is 14.5. The number of fused-ring (bicyclic) bond motifs is 13. The second kappa shape index (κ2) is 11.8. The van der Waals surface area contributed by atoms with Crippen molar-refractivity contribution in [1.82, 2.24) is 0 Å². The maximum absolute atomic E-state index is 2.56. The first kappa shape index (κ1) is 33.7. The monoisotopic (exact) mass is 743 g/mol. The third kappa shape index (κ3) is 4.32. The maximum atomic E-state index is 2.56. The molecule has 0 aliphatic heterocycles. The highest BCUT2D eigenvalue weighted by Crippen LogP contribution is 2.60. The van der Waals surface area contributed by atoms with E-state index in [0.717, 1.165) is 18.5 Å². The molecule has 0 bridgehead atoms. The van der Waals surface area contributed by atoms with Crippen molar-refractivity contribution < 1.29 is 0 Å². The maximum Gasteiger partial charge on any atom is 0.0508 e. The van der Waals surface area contributed by atoms with E-state index < -0.39 is 0 Å². The summed E-state index contributed by atoms with van der Waals surface area (Å²) in [5, 5.41) is 0. The molecule has 0 aromatic heterocycles. The van der Waals surface area contributed by atoms with Gasteiger partial charge < -0.3 is 4.90 Å². The Morgan fingerprint density at radius 3 is 1.59 bits per heavy atom. The molecule has 0 saturated carbocycles. The fourth-order valence-electron chi connectivity index (χ4n) is 12.0. The molecular formula is C57H45N. The summed E-state index contributed by atoms with van der Waals surface area (Å²) >= 11 is 0. The Hall–Kier alpha value is -6.44. The molecule has 1 heteroatoms. The van der Waals surface area contributed by atoms with Gasteiger partial charge in [-0.05, 0) is 132 Å². The summed E-state index contributed by atoms with van der Waals surface area (Å²) < 4.78 is 0. The van der Waals surface area contributed by atoms with Gasteiger partial charge in [0.05, 0.1) is 5.69 Å². The normalized spacial score (nSPS) is 17.9. The summed E-state index contributed by atoms with van der Waals surface area (Å²) in [5.41, 5.74) is 25.2. The van der Waals surface area contributed by atoms with Crippen molar-refractivity contribution in [3.8, 4) is 44.5 Å². The average Bonchev–Trinajstić information content (AvgIpc) is 3.93. The Morgan fingerprint density at radius 1 is 0.379 bits per heavy atom. The molecule has 1 atom stereocenters. The number of hydrogen-bond donors (Lipinski definition) is 0. The number of rotatable bonds is 4. The first-order valence-corrected chi connectivity index (χ1v) is 21.0. The van der Waals surface area contributed by atoms with Gasteiger partial charge in [0.15, 0.2) is 0 Å². The van der Waals surface area contributed by atoms with Crippen LogP contribution in [-0.4, -0.2) is 0 Å². The van der Waals surface area contributed by atoms with Crippen molar-refractivity contribution in [2.24, 2.45) is 0 Å². The second-order valence-electron chi connectivity index (χ2n) is 18.0. The van der Waals surface area contributed by atoms with E-state index in [-0.39, 0.29) is 16.2 Å². The van der Waals surface area contributed by atoms with E-state index in [1.54, 1.807) is 0 Å². The Kier molecular flexibility index (Phi) is 6.86. The molecule has 1 unspecified atom stereocenters. The van der Waals surface area contributed by atoms with Gasteiger partial charge in [0.2, 0.25) is 0 Å². The Balaban J connectivity index is 1.07. The summed E-state index contributed by atoms with van der Waals surface area (Å²) in [6, 6.07) is 66.9. The average molecular weight is 744 g/mol. The molecule has 4 aliphatic carbocycles. The summed E-state index contributed by atoms with van der Waals surface area (Å²) in [6.45, 7) is 9.58. The van der Waals surface area contributed by atoms with Gasteiger partial charge in [0.1, 0.15) is 0 Å².